The van der Waals surface area contributed by atoms with E-state index in [2.05, 4.69) is 0 Å². The predicted octanol–water partition coefficient (Wildman–Crippen LogP) is 5.34. The topological polar surface area (TPSA) is 40.6 Å². The van der Waals surface area contributed by atoms with Crippen LogP contribution in [0.15, 0.2) is 72.4 Å². The Labute approximate surface area is 183 Å². The van der Waals surface area contributed by atoms with Crippen molar-refractivity contribution in [2.75, 3.05) is 16.8 Å². The molecule has 4 nitrogen and oxygen atoms in total. The third-order valence-electron chi connectivity index (χ3n) is 5.94. The van der Waals surface area contributed by atoms with E-state index in [9.17, 15) is 9.59 Å². The highest BCUT2D eigenvalue weighted by molar-refractivity contribution is 6.46. The van der Waals surface area contributed by atoms with Crippen LogP contribution >= 0.6 is 0 Å². The normalized spacial score (nSPS) is 13.9. The first-order chi connectivity index (χ1) is 14.8. The third kappa shape index (κ3) is 3.55. The second kappa shape index (κ2) is 7.88. The van der Waals surface area contributed by atoms with Crippen LogP contribution in [0.3, 0.4) is 0 Å². The summed E-state index contributed by atoms with van der Waals surface area (Å²) in [6.07, 6.45) is 0. The van der Waals surface area contributed by atoms with Gasteiger partial charge in [0.2, 0.25) is 0 Å². The summed E-state index contributed by atoms with van der Waals surface area (Å²) in [5.74, 6) is -0.604. The molecule has 0 aromatic heterocycles. The lowest BCUT2D eigenvalue weighted by Gasteiger charge is -2.22. The first-order valence-electron chi connectivity index (χ1n) is 10.4. The van der Waals surface area contributed by atoms with Crippen LogP contribution in [-0.2, 0) is 9.59 Å². The zero-order valence-corrected chi connectivity index (χ0v) is 18.6. The maximum atomic E-state index is 13.7. The molecule has 31 heavy (non-hydrogen) atoms. The molecule has 0 radical (unpaired) electrons. The van der Waals surface area contributed by atoms with Gasteiger partial charge in [-0.2, -0.15) is 0 Å². The molecular formula is C27H26N2O2. The fourth-order valence-corrected chi connectivity index (χ4v) is 4.05. The van der Waals surface area contributed by atoms with Crippen molar-refractivity contribution in [3.63, 3.8) is 0 Å². The van der Waals surface area contributed by atoms with Gasteiger partial charge in [0.1, 0.15) is 5.70 Å². The molecule has 0 spiro atoms. The van der Waals surface area contributed by atoms with E-state index >= 15 is 0 Å². The van der Waals surface area contributed by atoms with E-state index in [-0.39, 0.29) is 11.8 Å². The van der Waals surface area contributed by atoms with Gasteiger partial charge in [-0.1, -0.05) is 48.0 Å². The van der Waals surface area contributed by atoms with E-state index in [4.69, 9.17) is 0 Å². The molecule has 0 saturated heterocycles. The van der Waals surface area contributed by atoms with E-state index in [1.807, 2.05) is 106 Å². The SMILES string of the molecule is Cc1ccc(C2=C(N(C)c3ccccc3)C(=O)N(c3ccc(C)c(C)c3)C2=O)c(C)c1. The Kier molecular flexibility index (Phi) is 5.24. The zero-order chi connectivity index (χ0) is 22.3. The molecular weight excluding hydrogens is 384 g/mol. The number of rotatable bonds is 4. The third-order valence-corrected chi connectivity index (χ3v) is 5.94. The van der Waals surface area contributed by atoms with E-state index in [0.717, 1.165) is 33.5 Å². The predicted molar refractivity (Wildman–Crippen MR) is 126 cm³/mol. The summed E-state index contributed by atoms with van der Waals surface area (Å²) in [7, 11) is 1.84. The number of likely N-dealkylation sites (N-methyl/N-ethyl adjacent to an activating group) is 1. The number of imide groups is 1. The van der Waals surface area contributed by atoms with Crippen molar-refractivity contribution in [3.8, 4) is 0 Å². The smallest absolute Gasteiger partial charge is 0.282 e. The van der Waals surface area contributed by atoms with Crippen molar-refractivity contribution in [2.24, 2.45) is 0 Å². The summed E-state index contributed by atoms with van der Waals surface area (Å²) < 4.78 is 0. The van der Waals surface area contributed by atoms with Crippen LogP contribution in [0, 0.1) is 27.7 Å². The second-order valence-electron chi connectivity index (χ2n) is 8.15. The molecule has 156 valence electrons. The van der Waals surface area contributed by atoms with Gasteiger partial charge in [0.25, 0.3) is 11.8 Å². The summed E-state index contributed by atoms with van der Waals surface area (Å²) in [6, 6.07) is 21.3. The average molecular weight is 411 g/mol. The van der Waals surface area contributed by atoms with Crippen LogP contribution in [0.2, 0.25) is 0 Å². The summed E-state index contributed by atoms with van der Waals surface area (Å²) in [4.78, 5) is 30.5. The first-order valence-corrected chi connectivity index (χ1v) is 10.4. The molecule has 0 N–H and O–H groups in total. The molecule has 3 aromatic carbocycles. The lowest BCUT2D eigenvalue weighted by atomic mass is 9.97. The number of carbonyl (C=O) groups excluding carboxylic acids is 2. The van der Waals surface area contributed by atoms with Gasteiger partial charge >= 0.3 is 0 Å². The monoisotopic (exact) mass is 410 g/mol. The standard InChI is InChI=1S/C27H26N2O2/c1-17-11-14-23(20(4)15-17)24-25(28(5)21-9-7-6-8-10-21)27(31)29(26(24)30)22-13-12-18(2)19(3)16-22/h6-16H,1-5H3. The largest absolute Gasteiger partial charge is 0.339 e. The second-order valence-corrected chi connectivity index (χ2v) is 8.15. The van der Waals surface area contributed by atoms with E-state index in [1.165, 1.54) is 4.90 Å². The molecule has 1 aliphatic rings. The average Bonchev–Trinajstić information content (AvgIpc) is 3.00. The number of aryl methyl sites for hydroxylation is 4. The number of para-hydroxylation sites is 1. The van der Waals surface area contributed by atoms with Crippen molar-refractivity contribution in [1.29, 1.82) is 0 Å². The Morgan fingerprint density at radius 3 is 2.06 bits per heavy atom. The van der Waals surface area contributed by atoms with Crippen molar-refractivity contribution in [1.82, 2.24) is 0 Å². The lowest BCUT2D eigenvalue weighted by molar-refractivity contribution is -0.120. The zero-order valence-electron chi connectivity index (χ0n) is 18.6. The summed E-state index contributed by atoms with van der Waals surface area (Å²) in [5, 5.41) is 0. The maximum Gasteiger partial charge on any atom is 0.282 e. The van der Waals surface area contributed by atoms with Crippen LogP contribution in [0.5, 0.6) is 0 Å². The van der Waals surface area contributed by atoms with Crippen LogP contribution in [0.25, 0.3) is 5.57 Å². The summed E-state index contributed by atoms with van der Waals surface area (Å²) in [5.41, 5.74) is 7.30. The Balaban J connectivity index is 1.92. The summed E-state index contributed by atoms with van der Waals surface area (Å²) >= 11 is 0. The van der Waals surface area contributed by atoms with Crippen molar-refractivity contribution < 1.29 is 9.59 Å². The molecule has 0 fully saturated rings. The van der Waals surface area contributed by atoms with Crippen LogP contribution < -0.4 is 9.80 Å². The van der Waals surface area contributed by atoms with E-state index in [1.54, 1.807) is 0 Å². The Morgan fingerprint density at radius 2 is 1.42 bits per heavy atom. The minimum absolute atomic E-state index is 0.294. The Hall–Kier alpha value is -3.66. The fourth-order valence-electron chi connectivity index (χ4n) is 4.05. The molecule has 2 amide bonds. The van der Waals surface area contributed by atoms with Crippen molar-refractivity contribution in [3.05, 3.63) is 100 Å². The number of carbonyl (C=O) groups is 2. The number of benzene rings is 3. The lowest BCUT2D eigenvalue weighted by Crippen LogP contribution is -2.34. The summed E-state index contributed by atoms with van der Waals surface area (Å²) in [6.45, 7) is 8.00. The number of amides is 2. The Morgan fingerprint density at radius 1 is 0.710 bits per heavy atom. The van der Waals surface area contributed by atoms with Gasteiger partial charge in [-0.05, 0) is 74.2 Å². The molecule has 3 aromatic rings. The molecule has 4 rings (SSSR count). The van der Waals surface area contributed by atoms with Gasteiger partial charge in [0.05, 0.1) is 11.3 Å². The van der Waals surface area contributed by atoms with Crippen LogP contribution in [0.1, 0.15) is 27.8 Å². The van der Waals surface area contributed by atoms with Gasteiger partial charge in [-0.25, -0.2) is 4.90 Å². The molecule has 0 unspecified atom stereocenters. The molecule has 4 heteroatoms. The number of nitrogens with zero attached hydrogens (tertiary/aromatic N) is 2. The molecule has 0 bridgehead atoms. The molecule has 0 saturated carbocycles. The van der Waals surface area contributed by atoms with Gasteiger partial charge in [-0.3, -0.25) is 9.59 Å². The quantitative estimate of drug-likeness (QED) is 0.545. The number of hydrogen-bond donors (Lipinski definition) is 0. The highest BCUT2D eigenvalue weighted by Gasteiger charge is 2.42. The minimum Gasteiger partial charge on any atom is -0.339 e. The van der Waals surface area contributed by atoms with Crippen molar-refractivity contribution >= 4 is 28.8 Å². The van der Waals surface area contributed by atoms with E-state index in [0.29, 0.717) is 17.0 Å². The highest BCUT2D eigenvalue weighted by atomic mass is 16.2. The van der Waals surface area contributed by atoms with Gasteiger partial charge in [-0.15, -0.1) is 0 Å². The molecule has 0 aliphatic carbocycles. The molecule has 1 aliphatic heterocycles. The first kappa shape index (κ1) is 20.6. The van der Waals surface area contributed by atoms with Gasteiger partial charge in [0, 0.05) is 12.7 Å². The molecule has 0 atom stereocenters. The number of anilines is 2. The maximum absolute atomic E-state index is 13.7. The van der Waals surface area contributed by atoms with E-state index < -0.39 is 0 Å². The van der Waals surface area contributed by atoms with Crippen molar-refractivity contribution in [2.45, 2.75) is 27.7 Å². The van der Waals surface area contributed by atoms with Crippen LogP contribution in [-0.4, -0.2) is 18.9 Å². The minimum atomic E-state index is -0.311. The van der Waals surface area contributed by atoms with Gasteiger partial charge < -0.3 is 4.90 Å². The van der Waals surface area contributed by atoms with Gasteiger partial charge in [0.15, 0.2) is 0 Å². The number of hydrogen-bond acceptors (Lipinski definition) is 3. The van der Waals surface area contributed by atoms with Crippen LogP contribution in [0.4, 0.5) is 11.4 Å². The highest BCUT2D eigenvalue weighted by Crippen LogP contribution is 2.37. The Bertz CT molecular complexity index is 1230. The molecule has 1 heterocycles. The fraction of sp³-hybridized carbons (Fsp3) is 0.185.